The molecule has 0 saturated heterocycles. The third kappa shape index (κ3) is 11.6. The van der Waals surface area contributed by atoms with Gasteiger partial charge in [0.15, 0.2) is 0 Å². The van der Waals surface area contributed by atoms with E-state index in [1.165, 1.54) is 10.1 Å². The second-order valence-corrected chi connectivity index (χ2v) is 5.10. The van der Waals surface area contributed by atoms with Crippen LogP contribution in [0.4, 0.5) is 0 Å². The van der Waals surface area contributed by atoms with Gasteiger partial charge in [0.2, 0.25) is 0 Å². The fourth-order valence-corrected chi connectivity index (χ4v) is 1.31. The smallest absolute Gasteiger partial charge is 0.289 e. The molecule has 0 aromatic rings. The van der Waals surface area contributed by atoms with E-state index in [1.54, 1.807) is 28.2 Å². The Bertz CT molecular complexity index is 179. The van der Waals surface area contributed by atoms with Crippen molar-refractivity contribution in [3.05, 3.63) is 0 Å². The number of hydroxylamine groups is 4. The number of hydrogen-bond acceptors (Lipinski definition) is 9. The molecule has 0 rings (SSSR count). The fourth-order valence-electron chi connectivity index (χ4n) is 0.637. The number of nitrogens with two attached hydrogens (primary N) is 1. The highest BCUT2D eigenvalue weighted by Gasteiger charge is 2.26. The molecule has 0 atom stereocenters. The largest absolute Gasteiger partial charge is 0.396 e. The number of aliphatic hydroxyl groups is 4. The molecule has 9 nitrogen and oxygen atoms in total. The lowest BCUT2D eigenvalue weighted by molar-refractivity contribution is -0.0599. The highest BCUT2D eigenvalue weighted by Crippen LogP contribution is 2.28. The predicted molar refractivity (Wildman–Crippen MR) is 71.4 cm³/mol. The van der Waals surface area contributed by atoms with Crippen LogP contribution in [0.15, 0.2) is 0 Å². The molecule has 118 valence electrons. The Kier molecular flexibility index (Phi) is 13.3. The third-order valence-corrected chi connectivity index (χ3v) is 2.80. The van der Waals surface area contributed by atoms with E-state index in [1.807, 2.05) is 0 Å². The van der Waals surface area contributed by atoms with Gasteiger partial charge in [-0.05, 0) is 0 Å². The summed E-state index contributed by atoms with van der Waals surface area (Å²) in [6.45, 7) is -1.62. The Balaban J connectivity index is 0. The summed E-state index contributed by atoms with van der Waals surface area (Å²) in [4.78, 5) is 0. The highest BCUT2D eigenvalue weighted by molar-refractivity contribution is 7.44. The first-order chi connectivity index (χ1) is 8.76. The van der Waals surface area contributed by atoms with Crippen LogP contribution in [0.25, 0.3) is 0 Å². The molecule has 0 fully saturated rings. The van der Waals surface area contributed by atoms with E-state index >= 15 is 0 Å². The van der Waals surface area contributed by atoms with Gasteiger partial charge in [-0.2, -0.15) is 10.1 Å². The lowest BCUT2D eigenvalue weighted by Gasteiger charge is -2.23. The van der Waals surface area contributed by atoms with Crippen molar-refractivity contribution in [1.82, 2.24) is 10.1 Å². The standard InChI is InChI=1S/C5H12O4.C4H14N3O2P/c6-1-5(2-7,3-8)4-9;1-6(2)8-10(5)9-7(3)4/h6-9H,1-4H2;5H2,1-4H3. The van der Waals surface area contributed by atoms with Crippen molar-refractivity contribution < 1.29 is 29.7 Å². The summed E-state index contributed by atoms with van der Waals surface area (Å²) < 4.78 is 9.95. The summed E-state index contributed by atoms with van der Waals surface area (Å²) in [5.41, 5.74) is 4.30. The van der Waals surface area contributed by atoms with Crippen LogP contribution in [-0.4, -0.2) is 85.2 Å². The van der Waals surface area contributed by atoms with E-state index in [4.69, 9.17) is 35.2 Å². The zero-order valence-corrected chi connectivity index (χ0v) is 12.7. The zero-order valence-electron chi connectivity index (χ0n) is 11.9. The van der Waals surface area contributed by atoms with E-state index in [0.29, 0.717) is 0 Å². The molecule has 10 heteroatoms. The number of aliphatic hydroxyl groups excluding tert-OH is 4. The van der Waals surface area contributed by atoms with Crippen LogP contribution in [0.2, 0.25) is 0 Å². The minimum absolute atomic E-state index is 0.406. The van der Waals surface area contributed by atoms with Gasteiger partial charge in [-0.1, -0.05) is 0 Å². The summed E-state index contributed by atoms with van der Waals surface area (Å²) >= 11 is 0. The SMILES string of the molecule is CN(C)OP(N)ON(C)C.OCC(CO)(CO)CO. The summed E-state index contributed by atoms with van der Waals surface area (Å²) in [6, 6.07) is 0. The van der Waals surface area contributed by atoms with Gasteiger partial charge in [-0.3, -0.25) is 5.50 Å². The first kappa shape index (κ1) is 21.4. The maximum atomic E-state index is 8.50. The van der Waals surface area contributed by atoms with Crippen molar-refractivity contribution in [3.63, 3.8) is 0 Å². The fraction of sp³-hybridized carbons (Fsp3) is 1.00. The monoisotopic (exact) mass is 303 g/mol. The molecule has 0 aliphatic heterocycles. The molecule has 0 radical (unpaired) electrons. The Morgan fingerprint density at radius 1 is 0.842 bits per heavy atom. The molecule has 6 N–H and O–H groups in total. The Hall–Kier alpha value is 0.0700. The van der Waals surface area contributed by atoms with Gasteiger partial charge in [0.25, 0.3) is 8.53 Å². The lowest BCUT2D eigenvalue weighted by atomic mass is 9.93. The maximum Gasteiger partial charge on any atom is 0.289 e. The Labute approximate surface area is 115 Å². The van der Waals surface area contributed by atoms with Crippen LogP contribution in [0.1, 0.15) is 0 Å². The molecule has 0 heterocycles. The van der Waals surface area contributed by atoms with Crippen LogP contribution in [0.3, 0.4) is 0 Å². The van der Waals surface area contributed by atoms with Crippen molar-refractivity contribution in [3.8, 4) is 0 Å². The van der Waals surface area contributed by atoms with E-state index in [-0.39, 0.29) is 0 Å². The van der Waals surface area contributed by atoms with Gasteiger partial charge in [0.05, 0.1) is 31.8 Å². The molecular formula is C9H26N3O6P. The molecule has 0 aromatic carbocycles. The summed E-state index contributed by atoms with van der Waals surface area (Å²) in [6.07, 6.45) is 0. The normalized spacial score (nSPS) is 12.0. The molecular weight excluding hydrogens is 277 g/mol. The average Bonchev–Trinajstić information content (AvgIpc) is 2.31. The first-order valence-electron chi connectivity index (χ1n) is 5.46. The molecule has 0 saturated carbocycles. The Morgan fingerprint density at radius 2 is 1.11 bits per heavy atom. The lowest BCUT2D eigenvalue weighted by Crippen LogP contribution is -2.37. The van der Waals surface area contributed by atoms with E-state index < -0.39 is 40.4 Å². The van der Waals surface area contributed by atoms with Gasteiger partial charge in [-0.25, -0.2) is 9.25 Å². The van der Waals surface area contributed by atoms with Crippen LogP contribution in [-0.2, 0) is 9.25 Å². The quantitative estimate of drug-likeness (QED) is 0.258. The number of nitrogens with zero attached hydrogens (tertiary/aromatic N) is 2. The number of rotatable bonds is 8. The average molecular weight is 303 g/mol. The molecule has 0 amide bonds. The molecule has 0 aromatic heterocycles. The van der Waals surface area contributed by atoms with Crippen molar-refractivity contribution in [1.29, 1.82) is 0 Å². The highest BCUT2D eigenvalue weighted by atomic mass is 31.2. The molecule has 0 aliphatic carbocycles. The van der Waals surface area contributed by atoms with Gasteiger partial charge >= 0.3 is 0 Å². The molecule has 0 bridgehead atoms. The Morgan fingerprint density at radius 3 is 1.21 bits per heavy atom. The second kappa shape index (κ2) is 11.9. The summed E-state index contributed by atoms with van der Waals surface area (Å²) in [7, 11) is 5.70. The summed E-state index contributed by atoms with van der Waals surface area (Å²) in [5, 5.41) is 37.0. The number of hydrogen-bond donors (Lipinski definition) is 5. The van der Waals surface area contributed by atoms with Crippen LogP contribution in [0.5, 0.6) is 0 Å². The van der Waals surface area contributed by atoms with Gasteiger partial charge in [0, 0.05) is 28.2 Å². The van der Waals surface area contributed by atoms with Crippen LogP contribution < -0.4 is 5.50 Å². The molecule has 0 aliphatic rings. The summed E-state index contributed by atoms with van der Waals surface area (Å²) in [5.74, 6) is 0. The maximum absolute atomic E-state index is 8.50. The minimum Gasteiger partial charge on any atom is -0.396 e. The zero-order chi connectivity index (χ0) is 15.5. The first-order valence-corrected chi connectivity index (χ1v) is 6.70. The van der Waals surface area contributed by atoms with Crippen LogP contribution in [0, 0.1) is 5.41 Å². The molecule has 0 unspecified atom stereocenters. The van der Waals surface area contributed by atoms with Crippen LogP contribution >= 0.6 is 8.53 Å². The van der Waals surface area contributed by atoms with Crippen molar-refractivity contribution in [2.45, 2.75) is 0 Å². The van der Waals surface area contributed by atoms with Crippen molar-refractivity contribution >= 4 is 8.53 Å². The molecule has 0 spiro atoms. The molecule has 19 heavy (non-hydrogen) atoms. The van der Waals surface area contributed by atoms with Gasteiger partial charge in [0.1, 0.15) is 0 Å². The van der Waals surface area contributed by atoms with E-state index in [9.17, 15) is 0 Å². The predicted octanol–water partition coefficient (Wildman–Crippen LogP) is -1.90. The second-order valence-electron chi connectivity index (χ2n) is 4.21. The van der Waals surface area contributed by atoms with Gasteiger partial charge < -0.3 is 20.4 Å². The minimum atomic E-state index is -1.31. The van der Waals surface area contributed by atoms with E-state index in [2.05, 4.69) is 0 Å². The van der Waals surface area contributed by atoms with Crippen molar-refractivity contribution in [2.75, 3.05) is 54.6 Å². The van der Waals surface area contributed by atoms with E-state index in [0.717, 1.165) is 0 Å². The third-order valence-electron chi connectivity index (χ3n) is 1.83. The van der Waals surface area contributed by atoms with Gasteiger partial charge in [-0.15, -0.1) is 0 Å². The van der Waals surface area contributed by atoms with Crippen molar-refractivity contribution in [2.24, 2.45) is 10.9 Å². The topological polar surface area (TPSA) is 132 Å².